The van der Waals surface area contributed by atoms with Gasteiger partial charge in [-0.25, -0.2) is 9.37 Å². The van der Waals surface area contributed by atoms with E-state index in [1.807, 2.05) is 12.1 Å². The van der Waals surface area contributed by atoms with Crippen molar-refractivity contribution >= 4 is 41.5 Å². The quantitative estimate of drug-likeness (QED) is 0.585. The van der Waals surface area contributed by atoms with Crippen LogP contribution in [0, 0.1) is 0 Å². The van der Waals surface area contributed by atoms with Gasteiger partial charge in [0, 0.05) is 0 Å². The number of H-pyrrole nitrogens is 1. The monoisotopic (exact) mass is 278 g/mol. The normalized spacial score (nSPS) is 15.9. The molecule has 0 unspecified atom stereocenters. The first kappa shape index (κ1) is 14.0. The average Bonchev–Trinajstić information content (AvgIpc) is 2.85. The maximum atomic E-state index is 13.7. The summed E-state index contributed by atoms with van der Waals surface area (Å²) in [6.07, 6.45) is 1.13. The number of hydrogen-bond donors (Lipinski definition) is 3. The van der Waals surface area contributed by atoms with Gasteiger partial charge in [0.1, 0.15) is 5.82 Å². The molecule has 0 amide bonds. The van der Waals surface area contributed by atoms with Crippen molar-refractivity contribution in [2.75, 3.05) is 5.43 Å². The van der Waals surface area contributed by atoms with E-state index in [1.54, 1.807) is 6.07 Å². The Morgan fingerprint density at radius 1 is 1.35 bits per heavy atom. The standard InChI is InChI=1S/C10H11FN4.2ClH/c11-10(3-4-10)9-13-7-2-1-6(15-12)5-8(7)14-9;;/h1-2,5,15H,3-4,12H2,(H,13,14);2*1H. The number of alkyl halides is 1. The molecular formula is C10H13Cl2FN4. The molecular weight excluding hydrogens is 266 g/mol. The van der Waals surface area contributed by atoms with Gasteiger partial charge in [-0.05, 0) is 31.0 Å². The van der Waals surface area contributed by atoms with Crippen LogP contribution in [0.1, 0.15) is 18.7 Å². The molecule has 0 spiro atoms. The summed E-state index contributed by atoms with van der Waals surface area (Å²) in [7, 11) is 0. The molecule has 1 aliphatic carbocycles. The van der Waals surface area contributed by atoms with Gasteiger partial charge in [-0.2, -0.15) is 0 Å². The first-order valence-electron chi connectivity index (χ1n) is 4.87. The Morgan fingerprint density at radius 3 is 2.65 bits per heavy atom. The van der Waals surface area contributed by atoms with Crippen molar-refractivity contribution in [3.8, 4) is 0 Å². The number of halogens is 3. The predicted octanol–water partition coefficient (Wildman–Crippen LogP) is 2.65. The Hall–Kier alpha value is -1.04. The van der Waals surface area contributed by atoms with Gasteiger partial charge in [0.2, 0.25) is 0 Å². The van der Waals surface area contributed by atoms with Gasteiger partial charge in [-0.1, -0.05) is 0 Å². The lowest BCUT2D eigenvalue weighted by atomic mass is 10.3. The molecule has 7 heteroatoms. The van der Waals surface area contributed by atoms with Gasteiger partial charge in [0.05, 0.1) is 16.7 Å². The fourth-order valence-electron chi connectivity index (χ4n) is 1.65. The molecule has 0 saturated heterocycles. The van der Waals surface area contributed by atoms with Crippen LogP contribution in [0.25, 0.3) is 11.0 Å². The van der Waals surface area contributed by atoms with Crippen LogP contribution >= 0.6 is 24.8 Å². The summed E-state index contributed by atoms with van der Waals surface area (Å²) in [6, 6.07) is 5.45. The maximum absolute atomic E-state index is 13.7. The zero-order valence-electron chi connectivity index (χ0n) is 8.87. The molecule has 1 fully saturated rings. The minimum absolute atomic E-state index is 0. The number of aromatic amines is 1. The topological polar surface area (TPSA) is 66.7 Å². The number of imidazole rings is 1. The Labute approximate surface area is 110 Å². The number of nitrogens with one attached hydrogen (secondary N) is 2. The molecule has 4 N–H and O–H groups in total. The summed E-state index contributed by atoms with van der Waals surface area (Å²) in [4.78, 5) is 7.22. The number of rotatable bonds is 2. The summed E-state index contributed by atoms with van der Waals surface area (Å²) >= 11 is 0. The molecule has 1 aromatic heterocycles. The van der Waals surface area contributed by atoms with Crippen LogP contribution in [-0.2, 0) is 5.67 Å². The summed E-state index contributed by atoms with van der Waals surface area (Å²) < 4.78 is 13.7. The number of nitrogens with zero attached hydrogens (tertiary/aromatic N) is 1. The maximum Gasteiger partial charge on any atom is 0.168 e. The van der Waals surface area contributed by atoms with E-state index in [0.717, 1.165) is 16.7 Å². The first-order valence-corrected chi connectivity index (χ1v) is 4.87. The summed E-state index contributed by atoms with van der Waals surface area (Å²) in [5, 5.41) is 0. The highest BCUT2D eigenvalue weighted by Crippen LogP contribution is 2.48. The number of benzene rings is 1. The molecule has 1 aromatic carbocycles. The Kier molecular flexibility index (Phi) is 3.86. The molecule has 94 valence electrons. The van der Waals surface area contributed by atoms with Crippen LogP contribution in [-0.4, -0.2) is 9.97 Å². The number of nitrogens with two attached hydrogens (primary N) is 1. The van der Waals surface area contributed by atoms with Crippen molar-refractivity contribution in [3.63, 3.8) is 0 Å². The third-order valence-electron chi connectivity index (χ3n) is 2.76. The molecule has 0 radical (unpaired) electrons. The predicted molar refractivity (Wildman–Crippen MR) is 70.4 cm³/mol. The van der Waals surface area contributed by atoms with Crippen LogP contribution in [0.2, 0.25) is 0 Å². The third kappa shape index (κ3) is 2.31. The zero-order chi connectivity index (χ0) is 10.5. The van der Waals surface area contributed by atoms with Crippen LogP contribution in [0.3, 0.4) is 0 Å². The molecule has 1 saturated carbocycles. The first-order chi connectivity index (χ1) is 7.21. The van der Waals surface area contributed by atoms with Crippen molar-refractivity contribution in [1.82, 2.24) is 9.97 Å². The van der Waals surface area contributed by atoms with E-state index in [2.05, 4.69) is 15.4 Å². The Balaban J connectivity index is 0.000000722. The smallest absolute Gasteiger partial charge is 0.168 e. The second kappa shape index (κ2) is 4.68. The van der Waals surface area contributed by atoms with E-state index < -0.39 is 5.67 Å². The number of fused-ring (bicyclic) bond motifs is 1. The lowest BCUT2D eigenvalue weighted by Gasteiger charge is -1.96. The van der Waals surface area contributed by atoms with Gasteiger partial charge in [0.15, 0.2) is 5.67 Å². The molecule has 0 atom stereocenters. The van der Waals surface area contributed by atoms with Gasteiger partial charge < -0.3 is 10.4 Å². The van der Waals surface area contributed by atoms with Crippen LogP contribution < -0.4 is 11.3 Å². The molecule has 1 heterocycles. The Bertz CT molecular complexity index is 524. The fourth-order valence-corrected chi connectivity index (χ4v) is 1.65. The van der Waals surface area contributed by atoms with Gasteiger partial charge in [-0.15, -0.1) is 24.8 Å². The molecule has 3 rings (SSSR count). The summed E-state index contributed by atoms with van der Waals surface area (Å²) in [5.74, 6) is 5.72. The van der Waals surface area contributed by atoms with Crippen molar-refractivity contribution in [2.24, 2.45) is 5.84 Å². The highest BCUT2D eigenvalue weighted by molar-refractivity contribution is 5.85. The van der Waals surface area contributed by atoms with Gasteiger partial charge in [-0.3, -0.25) is 5.84 Å². The van der Waals surface area contributed by atoms with Crippen molar-refractivity contribution in [3.05, 3.63) is 24.0 Å². The second-order valence-electron chi connectivity index (χ2n) is 3.93. The van der Waals surface area contributed by atoms with E-state index >= 15 is 0 Å². The molecule has 17 heavy (non-hydrogen) atoms. The molecule has 0 bridgehead atoms. The lowest BCUT2D eigenvalue weighted by molar-refractivity contribution is 0.303. The SMILES string of the molecule is Cl.Cl.NNc1ccc2[nH]c(C3(F)CC3)nc2c1. The third-order valence-corrected chi connectivity index (χ3v) is 2.76. The van der Waals surface area contributed by atoms with Crippen LogP contribution in [0.15, 0.2) is 18.2 Å². The number of hydrazine groups is 1. The average molecular weight is 279 g/mol. The highest BCUT2D eigenvalue weighted by atomic mass is 35.5. The van der Waals surface area contributed by atoms with Crippen molar-refractivity contribution in [1.29, 1.82) is 0 Å². The Morgan fingerprint density at radius 2 is 2.06 bits per heavy atom. The van der Waals surface area contributed by atoms with E-state index in [9.17, 15) is 4.39 Å². The molecule has 2 aromatic rings. The minimum atomic E-state index is -1.21. The summed E-state index contributed by atoms with van der Waals surface area (Å²) in [5.41, 5.74) is 3.67. The fraction of sp³-hybridized carbons (Fsp3) is 0.300. The van der Waals surface area contributed by atoms with E-state index in [1.165, 1.54) is 0 Å². The molecule has 4 nitrogen and oxygen atoms in total. The van der Waals surface area contributed by atoms with Crippen LogP contribution in [0.4, 0.5) is 10.1 Å². The van der Waals surface area contributed by atoms with Gasteiger partial charge in [0.25, 0.3) is 0 Å². The number of hydrogen-bond acceptors (Lipinski definition) is 3. The van der Waals surface area contributed by atoms with E-state index in [0.29, 0.717) is 18.7 Å². The number of aromatic nitrogens is 2. The summed E-state index contributed by atoms with van der Waals surface area (Å²) in [6.45, 7) is 0. The van der Waals surface area contributed by atoms with Crippen LogP contribution in [0.5, 0.6) is 0 Å². The minimum Gasteiger partial charge on any atom is -0.339 e. The number of nitrogen functional groups attached to an aromatic ring is 1. The molecule has 1 aliphatic rings. The van der Waals surface area contributed by atoms with Gasteiger partial charge >= 0.3 is 0 Å². The number of anilines is 1. The van der Waals surface area contributed by atoms with Crippen molar-refractivity contribution < 1.29 is 4.39 Å². The zero-order valence-corrected chi connectivity index (χ0v) is 10.5. The highest BCUT2D eigenvalue weighted by Gasteiger charge is 2.47. The largest absolute Gasteiger partial charge is 0.339 e. The molecule has 0 aliphatic heterocycles. The van der Waals surface area contributed by atoms with E-state index in [4.69, 9.17) is 5.84 Å². The van der Waals surface area contributed by atoms with Crippen molar-refractivity contribution in [2.45, 2.75) is 18.5 Å². The second-order valence-corrected chi connectivity index (χ2v) is 3.93. The lowest BCUT2D eigenvalue weighted by Crippen LogP contribution is -2.05. The van der Waals surface area contributed by atoms with E-state index in [-0.39, 0.29) is 24.8 Å².